The molecular formula is C26H35N3O2. The molecule has 2 aromatic carbocycles. The Morgan fingerprint density at radius 1 is 1.19 bits per heavy atom. The van der Waals surface area contributed by atoms with Crippen molar-refractivity contribution in [2.24, 2.45) is 0 Å². The minimum atomic E-state index is -0.254. The van der Waals surface area contributed by atoms with Gasteiger partial charge in [-0.15, -0.1) is 0 Å². The molecule has 2 aliphatic heterocycles. The number of aryl methyl sites for hydroxylation is 2. The zero-order valence-electron chi connectivity index (χ0n) is 18.8. The fourth-order valence-electron chi connectivity index (χ4n) is 4.95. The molecule has 166 valence electrons. The summed E-state index contributed by atoms with van der Waals surface area (Å²) >= 11 is 0. The molecule has 1 amide bonds. The first-order valence-corrected chi connectivity index (χ1v) is 11.8. The van der Waals surface area contributed by atoms with E-state index in [1.54, 1.807) is 6.07 Å². The third-order valence-corrected chi connectivity index (χ3v) is 6.69. The van der Waals surface area contributed by atoms with Crippen LogP contribution in [0.25, 0.3) is 0 Å². The highest BCUT2D eigenvalue weighted by Gasteiger charge is 2.28. The van der Waals surface area contributed by atoms with E-state index in [2.05, 4.69) is 41.1 Å². The third-order valence-electron chi connectivity index (χ3n) is 6.69. The van der Waals surface area contributed by atoms with E-state index in [-0.39, 0.29) is 18.0 Å². The van der Waals surface area contributed by atoms with E-state index in [4.69, 9.17) is 0 Å². The third kappa shape index (κ3) is 5.04. The minimum absolute atomic E-state index is 0.0420. The molecule has 31 heavy (non-hydrogen) atoms. The monoisotopic (exact) mass is 421 g/mol. The van der Waals surface area contributed by atoms with Crippen molar-refractivity contribution in [3.8, 4) is 5.75 Å². The van der Waals surface area contributed by atoms with Crippen LogP contribution in [0.4, 0.5) is 5.69 Å². The molecule has 4 N–H and O–H groups in total. The lowest BCUT2D eigenvalue weighted by atomic mass is 9.93. The summed E-state index contributed by atoms with van der Waals surface area (Å²) in [5, 5.41) is 20.2. The van der Waals surface area contributed by atoms with E-state index >= 15 is 0 Å². The van der Waals surface area contributed by atoms with Crippen molar-refractivity contribution < 1.29 is 9.90 Å². The molecule has 2 aromatic rings. The normalized spacial score (nSPS) is 20.2. The number of hydrogen-bond acceptors (Lipinski definition) is 4. The first-order valence-electron chi connectivity index (χ1n) is 11.8. The number of unbranched alkanes of at least 4 members (excludes halogenated alkanes) is 2. The van der Waals surface area contributed by atoms with Crippen LogP contribution in [0.5, 0.6) is 5.75 Å². The van der Waals surface area contributed by atoms with Crippen LogP contribution in [-0.2, 0) is 24.1 Å². The van der Waals surface area contributed by atoms with E-state index in [0.717, 1.165) is 49.2 Å². The second-order valence-corrected chi connectivity index (χ2v) is 9.02. The lowest BCUT2D eigenvalue weighted by molar-refractivity contribution is -0.123. The van der Waals surface area contributed by atoms with Gasteiger partial charge in [0.1, 0.15) is 5.75 Å². The van der Waals surface area contributed by atoms with Crippen LogP contribution in [0, 0.1) is 6.92 Å². The number of amides is 1. The Bertz CT molecular complexity index is 940. The number of aromatic hydroxyl groups is 1. The van der Waals surface area contributed by atoms with E-state index in [1.807, 2.05) is 13.0 Å². The molecule has 0 saturated heterocycles. The number of carbonyl (C=O) groups excluding carboxylic acids is 1. The number of phenols is 1. The Morgan fingerprint density at radius 3 is 2.90 bits per heavy atom. The minimum Gasteiger partial charge on any atom is -0.508 e. The number of fused-ring (bicyclic) bond motifs is 2. The van der Waals surface area contributed by atoms with Gasteiger partial charge in [-0.05, 0) is 91.6 Å². The first-order chi connectivity index (χ1) is 15.0. The molecule has 0 spiro atoms. The molecular weight excluding hydrogens is 386 g/mol. The van der Waals surface area contributed by atoms with Gasteiger partial charge in [-0.2, -0.15) is 0 Å². The summed E-state index contributed by atoms with van der Waals surface area (Å²) in [5.41, 5.74) is 7.09. The lowest BCUT2D eigenvalue weighted by Gasteiger charge is -2.29. The summed E-state index contributed by atoms with van der Waals surface area (Å²) in [6, 6.07) is 10.1. The van der Waals surface area contributed by atoms with Gasteiger partial charge in [-0.3, -0.25) is 4.79 Å². The summed E-state index contributed by atoms with van der Waals surface area (Å²) in [6.07, 6.45) is 7.15. The highest BCUT2D eigenvalue weighted by Crippen LogP contribution is 2.32. The van der Waals surface area contributed by atoms with Crippen molar-refractivity contribution in [2.75, 3.05) is 18.4 Å². The SMILES string of the molecule is CCCCCc1ccc2c(c1)[C@H](NC(=O)[C@@H]1Cc3c(C)cc(O)cc3CCN1)CCN2. The van der Waals surface area contributed by atoms with Gasteiger partial charge in [-0.1, -0.05) is 31.9 Å². The average molecular weight is 422 g/mol. The van der Waals surface area contributed by atoms with Crippen LogP contribution in [0.1, 0.15) is 66.5 Å². The highest BCUT2D eigenvalue weighted by molar-refractivity contribution is 5.83. The molecule has 5 nitrogen and oxygen atoms in total. The summed E-state index contributed by atoms with van der Waals surface area (Å²) in [6.45, 7) is 5.85. The maximum atomic E-state index is 13.3. The molecule has 4 rings (SSSR count). The van der Waals surface area contributed by atoms with E-state index in [1.165, 1.54) is 36.0 Å². The Hall–Kier alpha value is -2.53. The maximum absolute atomic E-state index is 13.3. The number of benzene rings is 2. The van der Waals surface area contributed by atoms with Crippen molar-refractivity contribution in [3.63, 3.8) is 0 Å². The Balaban J connectivity index is 1.48. The lowest BCUT2D eigenvalue weighted by Crippen LogP contribution is -2.47. The standard InChI is InChI=1S/C26H35N3O2/c1-3-4-5-6-18-7-8-23-22(14-18)24(10-12-27-23)29-26(31)25-16-21-17(2)13-20(30)15-19(21)9-11-28-25/h7-8,13-15,24-25,27-28,30H,3-6,9-12,16H2,1-2H3,(H,29,31)/t24-,25+/m1/s1. The van der Waals surface area contributed by atoms with Crippen LogP contribution in [-0.4, -0.2) is 30.1 Å². The number of hydrogen-bond donors (Lipinski definition) is 4. The van der Waals surface area contributed by atoms with Crippen molar-refractivity contribution >= 4 is 11.6 Å². The van der Waals surface area contributed by atoms with E-state index in [0.29, 0.717) is 12.2 Å². The molecule has 0 radical (unpaired) electrons. The Morgan fingerprint density at radius 2 is 2.06 bits per heavy atom. The van der Waals surface area contributed by atoms with Crippen molar-refractivity contribution in [3.05, 3.63) is 58.1 Å². The largest absolute Gasteiger partial charge is 0.508 e. The topological polar surface area (TPSA) is 73.4 Å². The summed E-state index contributed by atoms with van der Waals surface area (Å²) < 4.78 is 0. The molecule has 5 heteroatoms. The van der Waals surface area contributed by atoms with Crippen molar-refractivity contribution in [1.82, 2.24) is 10.6 Å². The molecule has 0 bridgehead atoms. The number of carbonyl (C=O) groups is 1. The summed E-state index contributed by atoms with van der Waals surface area (Å²) in [5.74, 6) is 0.370. The Labute approximate surface area is 185 Å². The molecule has 2 aliphatic rings. The second kappa shape index (κ2) is 9.73. The van der Waals surface area contributed by atoms with Gasteiger partial charge >= 0.3 is 0 Å². The van der Waals surface area contributed by atoms with Crippen molar-refractivity contribution in [1.29, 1.82) is 0 Å². The van der Waals surface area contributed by atoms with Crippen LogP contribution in [0.3, 0.4) is 0 Å². The molecule has 0 fully saturated rings. The Kier molecular flexibility index (Phi) is 6.81. The fourth-order valence-corrected chi connectivity index (χ4v) is 4.95. The molecule has 0 aromatic heterocycles. The van der Waals surface area contributed by atoms with Crippen LogP contribution < -0.4 is 16.0 Å². The first kappa shape index (κ1) is 21.7. The van der Waals surface area contributed by atoms with Gasteiger partial charge in [0, 0.05) is 12.2 Å². The zero-order valence-corrected chi connectivity index (χ0v) is 18.8. The predicted molar refractivity (Wildman–Crippen MR) is 126 cm³/mol. The van der Waals surface area contributed by atoms with Crippen LogP contribution in [0.2, 0.25) is 0 Å². The molecule has 2 heterocycles. The summed E-state index contributed by atoms with van der Waals surface area (Å²) in [4.78, 5) is 13.3. The van der Waals surface area contributed by atoms with Crippen LogP contribution in [0.15, 0.2) is 30.3 Å². The van der Waals surface area contributed by atoms with E-state index < -0.39 is 0 Å². The van der Waals surface area contributed by atoms with E-state index in [9.17, 15) is 9.90 Å². The summed E-state index contributed by atoms with van der Waals surface area (Å²) in [7, 11) is 0. The van der Waals surface area contributed by atoms with Gasteiger partial charge < -0.3 is 21.1 Å². The highest BCUT2D eigenvalue weighted by atomic mass is 16.3. The predicted octanol–water partition coefficient (Wildman–Crippen LogP) is 4.16. The second-order valence-electron chi connectivity index (χ2n) is 9.02. The van der Waals surface area contributed by atoms with Crippen molar-refractivity contribution in [2.45, 2.75) is 70.9 Å². The average Bonchev–Trinajstić information content (AvgIpc) is 2.97. The molecule has 0 saturated carbocycles. The number of anilines is 1. The van der Waals surface area contributed by atoms with Gasteiger partial charge in [-0.25, -0.2) is 0 Å². The van der Waals surface area contributed by atoms with Gasteiger partial charge in [0.05, 0.1) is 12.1 Å². The van der Waals surface area contributed by atoms with Gasteiger partial charge in [0.15, 0.2) is 0 Å². The van der Waals surface area contributed by atoms with Gasteiger partial charge in [0.25, 0.3) is 0 Å². The van der Waals surface area contributed by atoms with Gasteiger partial charge in [0.2, 0.25) is 5.91 Å². The fraction of sp³-hybridized carbons (Fsp3) is 0.500. The van der Waals surface area contributed by atoms with Crippen LogP contribution >= 0.6 is 0 Å². The number of rotatable bonds is 6. The molecule has 2 atom stereocenters. The number of nitrogens with one attached hydrogen (secondary N) is 3. The molecule has 0 aliphatic carbocycles. The number of phenolic OH excluding ortho intramolecular Hbond substituents is 1. The zero-order chi connectivity index (χ0) is 21.8. The smallest absolute Gasteiger partial charge is 0.237 e. The quantitative estimate of drug-likeness (QED) is 0.529. The maximum Gasteiger partial charge on any atom is 0.237 e. The molecule has 0 unspecified atom stereocenters.